The first-order valence-electron chi connectivity index (χ1n) is 10.5. The molecule has 2 aromatic heterocycles. The van der Waals surface area contributed by atoms with Crippen LogP contribution in [0.2, 0.25) is 5.02 Å². The third kappa shape index (κ3) is 4.65. The smallest absolute Gasteiger partial charge is 0.185 e. The molecule has 0 aliphatic heterocycles. The average molecular weight is 478 g/mol. The first-order valence-corrected chi connectivity index (χ1v) is 12.6. The first-order chi connectivity index (χ1) is 15.9. The molecule has 33 heavy (non-hydrogen) atoms. The van der Waals surface area contributed by atoms with Gasteiger partial charge in [-0.15, -0.1) is 0 Å². The molecule has 5 rings (SSSR count). The van der Waals surface area contributed by atoms with E-state index in [1.165, 1.54) is 12.4 Å². The topological polar surface area (TPSA) is 89.9 Å². The molecule has 0 N–H and O–H groups in total. The van der Waals surface area contributed by atoms with Gasteiger partial charge in [-0.3, -0.25) is 9.78 Å². The van der Waals surface area contributed by atoms with Crippen LogP contribution < -0.4 is 0 Å². The van der Waals surface area contributed by atoms with Crippen molar-refractivity contribution in [2.45, 2.75) is 29.4 Å². The summed E-state index contributed by atoms with van der Waals surface area (Å²) in [5.74, 6) is 0.278. The molecule has 1 aliphatic carbocycles. The van der Waals surface area contributed by atoms with Crippen LogP contribution in [0.3, 0.4) is 0 Å². The van der Waals surface area contributed by atoms with Crippen LogP contribution in [0.4, 0.5) is 0 Å². The number of Topliss-reactive ketones (excluding diaryl/α,β-unsaturated/α-hetero) is 1. The van der Waals surface area contributed by atoms with Crippen LogP contribution in [0.1, 0.15) is 29.3 Å². The highest BCUT2D eigenvalue weighted by Gasteiger charge is 2.43. The molecule has 6 nitrogen and oxygen atoms in total. The molecular formula is C25H20ClN3O3S. The fraction of sp³-hybridized carbons (Fsp3) is 0.200. The third-order valence-electron chi connectivity index (χ3n) is 5.96. The van der Waals surface area contributed by atoms with E-state index in [0.717, 1.165) is 28.3 Å². The number of aromatic nitrogens is 3. The Labute approximate surface area is 196 Å². The summed E-state index contributed by atoms with van der Waals surface area (Å²) in [6.07, 6.45) is 7.52. The Morgan fingerprint density at radius 2 is 1.79 bits per heavy atom. The molecular weight excluding hydrogens is 458 g/mol. The SMILES string of the molecule is O=C(Cc1ccc2cncc(Cl)c2c1)[C@@H]1CC1c1ccc(S(=O)(=O)Cc2ncccn2)cc1. The largest absolute Gasteiger partial charge is 0.299 e. The Hall–Kier alpha value is -3.16. The first kappa shape index (κ1) is 21.7. The number of carbonyl (C=O) groups is 1. The number of hydrogen-bond donors (Lipinski definition) is 0. The number of rotatable bonds is 7. The van der Waals surface area contributed by atoms with E-state index in [1.54, 1.807) is 42.7 Å². The number of fused-ring (bicyclic) bond motifs is 1. The van der Waals surface area contributed by atoms with Crippen molar-refractivity contribution in [2.75, 3.05) is 0 Å². The highest BCUT2D eigenvalue weighted by molar-refractivity contribution is 7.90. The minimum atomic E-state index is -3.53. The van der Waals surface area contributed by atoms with Gasteiger partial charge in [0.1, 0.15) is 17.4 Å². The predicted octanol–water partition coefficient (Wildman–Crippen LogP) is 4.57. The number of nitrogens with zero attached hydrogens (tertiary/aromatic N) is 3. The summed E-state index contributed by atoms with van der Waals surface area (Å²) in [6, 6.07) is 14.3. The lowest BCUT2D eigenvalue weighted by atomic mass is 10.0. The fourth-order valence-corrected chi connectivity index (χ4v) is 5.54. The van der Waals surface area contributed by atoms with Crippen molar-refractivity contribution in [3.8, 4) is 0 Å². The van der Waals surface area contributed by atoms with Crippen LogP contribution in [-0.2, 0) is 26.8 Å². The summed E-state index contributed by atoms with van der Waals surface area (Å²) in [5.41, 5.74) is 1.91. The molecule has 0 bridgehead atoms. The molecule has 2 atom stereocenters. The fourth-order valence-electron chi connectivity index (χ4n) is 4.12. The lowest BCUT2D eigenvalue weighted by Gasteiger charge is -2.06. The van der Waals surface area contributed by atoms with Gasteiger partial charge < -0.3 is 0 Å². The zero-order valence-corrected chi connectivity index (χ0v) is 19.1. The van der Waals surface area contributed by atoms with Gasteiger partial charge in [-0.25, -0.2) is 18.4 Å². The number of benzene rings is 2. The normalized spacial score (nSPS) is 17.7. The highest BCUT2D eigenvalue weighted by Crippen LogP contribution is 2.48. The Morgan fingerprint density at radius 1 is 1.03 bits per heavy atom. The molecule has 2 heterocycles. The maximum Gasteiger partial charge on any atom is 0.185 e. The highest BCUT2D eigenvalue weighted by atomic mass is 35.5. The van der Waals surface area contributed by atoms with Gasteiger partial charge in [0.15, 0.2) is 9.84 Å². The van der Waals surface area contributed by atoms with Gasteiger partial charge in [-0.2, -0.15) is 0 Å². The van der Waals surface area contributed by atoms with Crippen molar-refractivity contribution < 1.29 is 13.2 Å². The lowest BCUT2D eigenvalue weighted by Crippen LogP contribution is -2.08. The van der Waals surface area contributed by atoms with Crippen LogP contribution in [0.15, 0.2) is 78.2 Å². The van der Waals surface area contributed by atoms with Gasteiger partial charge >= 0.3 is 0 Å². The Balaban J connectivity index is 1.25. The van der Waals surface area contributed by atoms with E-state index in [-0.39, 0.29) is 34.1 Å². The van der Waals surface area contributed by atoms with E-state index >= 15 is 0 Å². The monoisotopic (exact) mass is 477 g/mol. The summed E-state index contributed by atoms with van der Waals surface area (Å²) in [7, 11) is -3.53. The van der Waals surface area contributed by atoms with Gasteiger partial charge in [-0.05, 0) is 47.7 Å². The Bertz CT molecular complexity index is 1440. The standard InChI is InChI=1S/C25H20ClN3O3S/c26-23-14-27-13-18-3-2-16(10-21(18)23)11-24(30)22-12-20(22)17-4-6-19(7-5-17)33(31,32)15-25-28-8-1-9-29-25/h1-10,13-14,20,22H,11-12,15H2/t20?,22-/m1/s1. The van der Waals surface area contributed by atoms with E-state index in [9.17, 15) is 13.2 Å². The Morgan fingerprint density at radius 3 is 2.55 bits per heavy atom. The zero-order chi connectivity index (χ0) is 23.0. The van der Waals surface area contributed by atoms with Gasteiger partial charge in [-0.1, -0.05) is 35.9 Å². The van der Waals surface area contributed by atoms with Gasteiger partial charge in [0.05, 0.1) is 9.92 Å². The maximum atomic E-state index is 12.9. The third-order valence-corrected chi connectivity index (χ3v) is 7.89. The maximum absolute atomic E-state index is 12.9. The number of sulfone groups is 1. The van der Waals surface area contributed by atoms with E-state index in [4.69, 9.17) is 11.6 Å². The minimum absolute atomic E-state index is 0.0474. The summed E-state index contributed by atoms with van der Waals surface area (Å²) >= 11 is 6.24. The Kier molecular flexibility index (Phi) is 5.68. The molecule has 0 spiro atoms. The van der Waals surface area contributed by atoms with Crippen molar-refractivity contribution in [2.24, 2.45) is 5.92 Å². The molecule has 0 radical (unpaired) electrons. The molecule has 0 amide bonds. The van der Waals surface area contributed by atoms with Gasteiger partial charge in [0.25, 0.3) is 0 Å². The number of halogens is 1. The van der Waals surface area contributed by atoms with E-state index < -0.39 is 9.84 Å². The van der Waals surface area contributed by atoms with E-state index in [0.29, 0.717) is 11.4 Å². The summed E-state index contributed by atoms with van der Waals surface area (Å²) in [4.78, 5) is 25.1. The lowest BCUT2D eigenvalue weighted by molar-refractivity contribution is -0.119. The van der Waals surface area contributed by atoms with Crippen LogP contribution in [0.5, 0.6) is 0 Å². The van der Waals surface area contributed by atoms with Gasteiger partial charge in [0.2, 0.25) is 0 Å². The van der Waals surface area contributed by atoms with Crippen molar-refractivity contribution in [3.05, 3.63) is 95.3 Å². The van der Waals surface area contributed by atoms with Gasteiger partial charge in [0, 0.05) is 47.9 Å². The zero-order valence-electron chi connectivity index (χ0n) is 17.6. The molecule has 1 aliphatic rings. The molecule has 0 saturated heterocycles. The molecule has 4 aromatic rings. The minimum Gasteiger partial charge on any atom is -0.299 e. The van der Waals surface area contributed by atoms with Crippen LogP contribution in [0.25, 0.3) is 10.8 Å². The number of hydrogen-bond acceptors (Lipinski definition) is 6. The van der Waals surface area contributed by atoms with Crippen LogP contribution in [-0.4, -0.2) is 29.2 Å². The number of pyridine rings is 1. The van der Waals surface area contributed by atoms with Crippen molar-refractivity contribution >= 4 is 38.0 Å². The molecule has 1 unspecified atom stereocenters. The van der Waals surface area contributed by atoms with Crippen molar-refractivity contribution in [1.82, 2.24) is 15.0 Å². The molecule has 166 valence electrons. The molecule has 1 fully saturated rings. The molecule has 8 heteroatoms. The molecule has 2 aromatic carbocycles. The second-order valence-electron chi connectivity index (χ2n) is 8.26. The summed E-state index contributed by atoms with van der Waals surface area (Å²) < 4.78 is 25.3. The summed E-state index contributed by atoms with van der Waals surface area (Å²) in [5, 5.41) is 2.40. The number of ketones is 1. The number of carbonyl (C=O) groups excluding carboxylic acids is 1. The van der Waals surface area contributed by atoms with E-state index in [2.05, 4.69) is 15.0 Å². The second-order valence-corrected chi connectivity index (χ2v) is 10.7. The quantitative estimate of drug-likeness (QED) is 0.387. The van der Waals surface area contributed by atoms with Crippen LogP contribution >= 0.6 is 11.6 Å². The predicted molar refractivity (Wildman–Crippen MR) is 126 cm³/mol. The average Bonchev–Trinajstić information content (AvgIpc) is 3.61. The molecule has 1 saturated carbocycles. The summed E-state index contributed by atoms with van der Waals surface area (Å²) in [6.45, 7) is 0. The van der Waals surface area contributed by atoms with Crippen LogP contribution in [0, 0.1) is 5.92 Å². The van der Waals surface area contributed by atoms with Crippen molar-refractivity contribution in [3.63, 3.8) is 0 Å². The van der Waals surface area contributed by atoms with E-state index in [1.807, 2.05) is 18.2 Å². The second kappa shape index (κ2) is 8.65. The van der Waals surface area contributed by atoms with Crippen molar-refractivity contribution in [1.29, 1.82) is 0 Å².